The Morgan fingerprint density at radius 3 is 1.58 bits per heavy atom. The second-order valence-electron chi connectivity index (χ2n) is 11.7. The highest BCUT2D eigenvalue weighted by Gasteiger charge is 2.44. The van der Waals surface area contributed by atoms with Crippen LogP contribution in [0.5, 0.6) is 0 Å². The third-order valence-electron chi connectivity index (χ3n) is 9.86. The molecule has 0 radical (unpaired) electrons. The van der Waals surface area contributed by atoms with Gasteiger partial charge in [0.25, 0.3) is 0 Å². The maximum atomic E-state index is 10.2. The molecule has 0 bridgehead atoms. The molecule has 0 aromatic rings. The Bertz CT molecular complexity index is 601. The van der Waals surface area contributed by atoms with E-state index >= 15 is 0 Å². The standard InChI is InChI=1S/C27H50O6/c1-13-14(2)20(8)32-26(16(13)4)30-12-24-15(3)17(5)27(33-22(24)10)29-11-23-18(6)21(9)31-25(28)19(23)7/h13-28H,11-12H2,1-10H3/t13-,14-,15+,16?,17?,18-,19?,20?,21?,22?,23+,24-,25?,26+,27+/m0/s1. The zero-order valence-corrected chi connectivity index (χ0v) is 22.6. The van der Waals surface area contributed by atoms with Crippen LogP contribution in [0.1, 0.15) is 69.2 Å². The van der Waals surface area contributed by atoms with Crippen molar-refractivity contribution in [2.75, 3.05) is 13.2 Å². The number of aliphatic hydroxyl groups excluding tert-OH is 1. The molecular weight excluding hydrogens is 420 g/mol. The van der Waals surface area contributed by atoms with Crippen LogP contribution in [0.3, 0.4) is 0 Å². The van der Waals surface area contributed by atoms with Crippen molar-refractivity contribution in [3.05, 3.63) is 0 Å². The smallest absolute Gasteiger partial charge is 0.160 e. The van der Waals surface area contributed by atoms with Crippen molar-refractivity contribution in [2.45, 2.75) is 106 Å². The molecule has 7 unspecified atom stereocenters. The summed E-state index contributed by atoms with van der Waals surface area (Å²) in [6.45, 7) is 23.1. The fourth-order valence-electron chi connectivity index (χ4n) is 6.01. The number of hydrogen-bond donors (Lipinski definition) is 1. The van der Waals surface area contributed by atoms with E-state index in [-0.39, 0.29) is 48.6 Å². The first kappa shape index (κ1) is 27.3. The first-order valence-corrected chi connectivity index (χ1v) is 13.3. The van der Waals surface area contributed by atoms with Crippen LogP contribution in [0.2, 0.25) is 0 Å². The lowest BCUT2D eigenvalue weighted by Crippen LogP contribution is -2.51. The lowest BCUT2D eigenvalue weighted by Gasteiger charge is -2.47. The maximum absolute atomic E-state index is 10.2. The summed E-state index contributed by atoms with van der Waals surface area (Å²) in [5, 5.41) is 10.2. The van der Waals surface area contributed by atoms with E-state index in [4.69, 9.17) is 23.7 Å². The van der Waals surface area contributed by atoms with Crippen molar-refractivity contribution in [2.24, 2.45) is 53.3 Å². The molecule has 0 aromatic heterocycles. The molecule has 3 fully saturated rings. The monoisotopic (exact) mass is 470 g/mol. The third kappa shape index (κ3) is 5.78. The lowest BCUT2D eigenvalue weighted by molar-refractivity contribution is -0.286. The number of aliphatic hydroxyl groups is 1. The van der Waals surface area contributed by atoms with E-state index in [9.17, 15) is 5.11 Å². The molecule has 0 aromatic carbocycles. The van der Waals surface area contributed by atoms with Crippen molar-refractivity contribution >= 4 is 0 Å². The predicted octanol–water partition coefficient (Wildman–Crippen LogP) is 4.93. The highest BCUT2D eigenvalue weighted by atomic mass is 16.7. The fourth-order valence-corrected chi connectivity index (χ4v) is 6.01. The van der Waals surface area contributed by atoms with E-state index in [0.717, 1.165) is 0 Å². The summed E-state index contributed by atoms with van der Waals surface area (Å²) in [5.74, 6) is 3.04. The molecule has 0 saturated carbocycles. The summed E-state index contributed by atoms with van der Waals surface area (Å²) >= 11 is 0. The van der Waals surface area contributed by atoms with E-state index in [1.807, 2.05) is 13.8 Å². The van der Waals surface area contributed by atoms with Crippen molar-refractivity contribution in [3.63, 3.8) is 0 Å². The topological polar surface area (TPSA) is 66.4 Å². The van der Waals surface area contributed by atoms with Crippen LogP contribution >= 0.6 is 0 Å². The van der Waals surface area contributed by atoms with Crippen LogP contribution in [0.25, 0.3) is 0 Å². The van der Waals surface area contributed by atoms with Crippen LogP contribution in [-0.4, -0.2) is 55.5 Å². The van der Waals surface area contributed by atoms with Crippen LogP contribution < -0.4 is 0 Å². The largest absolute Gasteiger partial charge is 0.368 e. The fraction of sp³-hybridized carbons (Fsp3) is 1.00. The van der Waals surface area contributed by atoms with Gasteiger partial charge in [-0.1, -0.05) is 48.5 Å². The first-order valence-electron chi connectivity index (χ1n) is 13.3. The van der Waals surface area contributed by atoms with Gasteiger partial charge < -0.3 is 28.8 Å². The first-order chi connectivity index (χ1) is 15.4. The molecule has 194 valence electrons. The molecule has 0 aliphatic carbocycles. The third-order valence-corrected chi connectivity index (χ3v) is 9.86. The van der Waals surface area contributed by atoms with Gasteiger partial charge in [-0.2, -0.15) is 0 Å². The van der Waals surface area contributed by atoms with Gasteiger partial charge in [-0.25, -0.2) is 0 Å². The molecule has 3 heterocycles. The Morgan fingerprint density at radius 1 is 0.485 bits per heavy atom. The van der Waals surface area contributed by atoms with Crippen molar-refractivity contribution in [3.8, 4) is 0 Å². The summed E-state index contributed by atoms with van der Waals surface area (Å²) < 4.78 is 31.0. The van der Waals surface area contributed by atoms with E-state index in [1.165, 1.54) is 0 Å². The highest BCUT2D eigenvalue weighted by molar-refractivity contribution is 4.87. The second-order valence-corrected chi connectivity index (χ2v) is 11.7. The van der Waals surface area contributed by atoms with E-state index < -0.39 is 6.29 Å². The van der Waals surface area contributed by atoms with Crippen LogP contribution in [0, 0.1) is 53.3 Å². The van der Waals surface area contributed by atoms with Crippen molar-refractivity contribution in [1.82, 2.24) is 0 Å². The van der Waals surface area contributed by atoms with Gasteiger partial charge in [0, 0.05) is 23.7 Å². The SMILES string of the molecule is CC1O[C@@H](OC[C@@H]2C(C)O[C@@H](OC[C@H]3C(C)C(O)OC(C)[C@@H]3C)C(C)[C@H]2C)C(C)[C@@H](C)[C@@H]1C. The van der Waals surface area contributed by atoms with Gasteiger partial charge in [0.1, 0.15) is 0 Å². The van der Waals surface area contributed by atoms with Crippen molar-refractivity contribution < 1.29 is 28.8 Å². The van der Waals surface area contributed by atoms with Gasteiger partial charge in [-0.05, 0) is 50.4 Å². The van der Waals surface area contributed by atoms with Gasteiger partial charge in [0.15, 0.2) is 18.9 Å². The van der Waals surface area contributed by atoms with Crippen LogP contribution in [-0.2, 0) is 23.7 Å². The second kappa shape index (κ2) is 11.2. The summed E-state index contributed by atoms with van der Waals surface area (Å²) in [6.07, 6.45) is -0.848. The Kier molecular flexibility index (Phi) is 9.30. The average Bonchev–Trinajstić information content (AvgIpc) is 2.77. The van der Waals surface area contributed by atoms with E-state index in [0.29, 0.717) is 48.7 Å². The molecular formula is C27H50O6. The quantitative estimate of drug-likeness (QED) is 0.594. The van der Waals surface area contributed by atoms with Gasteiger partial charge in [-0.3, -0.25) is 0 Å². The van der Waals surface area contributed by atoms with E-state index in [2.05, 4.69) is 55.4 Å². The summed E-state index contributed by atoms with van der Waals surface area (Å²) in [6, 6.07) is 0. The number of ether oxygens (including phenoxy) is 5. The molecule has 6 nitrogen and oxygen atoms in total. The van der Waals surface area contributed by atoms with Gasteiger partial charge in [-0.15, -0.1) is 0 Å². The lowest BCUT2D eigenvalue weighted by atomic mass is 9.77. The molecule has 33 heavy (non-hydrogen) atoms. The Morgan fingerprint density at radius 2 is 0.970 bits per heavy atom. The molecule has 6 heteroatoms. The zero-order valence-electron chi connectivity index (χ0n) is 22.6. The number of hydrogen-bond acceptors (Lipinski definition) is 6. The van der Waals surface area contributed by atoms with Gasteiger partial charge >= 0.3 is 0 Å². The maximum Gasteiger partial charge on any atom is 0.160 e. The number of rotatable bonds is 6. The van der Waals surface area contributed by atoms with Gasteiger partial charge in [0.05, 0.1) is 31.5 Å². The summed E-state index contributed by atoms with van der Waals surface area (Å²) in [4.78, 5) is 0. The molecule has 1 N–H and O–H groups in total. The minimum atomic E-state index is -0.730. The molecule has 15 atom stereocenters. The van der Waals surface area contributed by atoms with Gasteiger partial charge in [0.2, 0.25) is 0 Å². The van der Waals surface area contributed by atoms with Crippen molar-refractivity contribution in [1.29, 1.82) is 0 Å². The molecule has 3 aliphatic heterocycles. The Balaban J connectivity index is 1.54. The molecule has 3 rings (SSSR count). The molecule has 3 saturated heterocycles. The van der Waals surface area contributed by atoms with Crippen LogP contribution in [0.4, 0.5) is 0 Å². The zero-order chi connectivity index (χ0) is 24.6. The van der Waals surface area contributed by atoms with Crippen LogP contribution in [0.15, 0.2) is 0 Å². The molecule has 0 spiro atoms. The summed E-state index contributed by atoms with van der Waals surface area (Å²) in [7, 11) is 0. The Labute approximate surface area is 202 Å². The Hall–Kier alpha value is -0.240. The normalized spacial score (nSPS) is 53.7. The average molecular weight is 471 g/mol. The van der Waals surface area contributed by atoms with E-state index in [1.54, 1.807) is 0 Å². The summed E-state index contributed by atoms with van der Waals surface area (Å²) in [5.41, 5.74) is 0. The molecule has 3 aliphatic rings. The predicted molar refractivity (Wildman–Crippen MR) is 128 cm³/mol. The highest BCUT2D eigenvalue weighted by Crippen LogP contribution is 2.40. The minimum Gasteiger partial charge on any atom is -0.368 e. The molecule has 0 amide bonds. The minimum absolute atomic E-state index is 0.0201.